The molecule has 60 valence electrons. The summed E-state index contributed by atoms with van der Waals surface area (Å²) in [5.74, 6) is 0. The molecule has 0 radical (unpaired) electrons. The first-order valence-corrected chi connectivity index (χ1v) is 4.04. The Morgan fingerprint density at radius 2 is 2.00 bits per heavy atom. The molecule has 0 saturated heterocycles. The predicted molar refractivity (Wildman–Crippen MR) is 51.2 cm³/mol. The second kappa shape index (κ2) is 2.98. The van der Waals surface area contributed by atoms with Crippen LogP contribution in [-0.2, 0) is 0 Å². The number of nitrogens with zero attached hydrogens (tertiary/aromatic N) is 3. The minimum atomic E-state index is 0.532. The molecular weight excluding hydrogens is 170 g/mol. The standard InChI is InChI=1S/C8H7N3S/c12-8-6-9-10-11(8)7-4-2-1-3-5-7/h1-5H,6H2. The van der Waals surface area contributed by atoms with Gasteiger partial charge >= 0.3 is 0 Å². The van der Waals surface area contributed by atoms with Gasteiger partial charge in [-0.05, 0) is 12.1 Å². The molecular formula is C8H7N3S. The third-order valence-corrected chi connectivity index (χ3v) is 1.90. The van der Waals surface area contributed by atoms with Crippen molar-refractivity contribution in [2.75, 3.05) is 11.6 Å². The molecule has 12 heavy (non-hydrogen) atoms. The first kappa shape index (κ1) is 7.36. The fourth-order valence-corrected chi connectivity index (χ4v) is 1.24. The highest BCUT2D eigenvalue weighted by atomic mass is 32.1. The summed E-state index contributed by atoms with van der Waals surface area (Å²) in [7, 11) is 0. The summed E-state index contributed by atoms with van der Waals surface area (Å²) in [6, 6.07) is 9.77. The molecule has 1 aliphatic heterocycles. The van der Waals surface area contributed by atoms with Crippen LogP contribution in [0, 0.1) is 0 Å². The minimum absolute atomic E-state index is 0.532. The van der Waals surface area contributed by atoms with E-state index in [1.54, 1.807) is 5.01 Å². The SMILES string of the molecule is S=C1CN=NN1c1ccccc1. The number of thiocarbonyl (C=S) groups is 1. The van der Waals surface area contributed by atoms with Crippen molar-refractivity contribution in [1.82, 2.24) is 0 Å². The average Bonchev–Trinajstić information content (AvgIpc) is 2.53. The summed E-state index contributed by atoms with van der Waals surface area (Å²) in [5.41, 5.74) is 0.976. The van der Waals surface area contributed by atoms with Gasteiger partial charge in [-0.3, -0.25) is 0 Å². The summed E-state index contributed by atoms with van der Waals surface area (Å²) in [6.45, 7) is 0.532. The zero-order chi connectivity index (χ0) is 8.39. The molecule has 0 bridgehead atoms. The van der Waals surface area contributed by atoms with Crippen LogP contribution in [0.5, 0.6) is 0 Å². The van der Waals surface area contributed by atoms with Crippen LogP contribution in [0.25, 0.3) is 0 Å². The molecule has 0 fully saturated rings. The fraction of sp³-hybridized carbons (Fsp3) is 0.125. The molecule has 0 spiro atoms. The maximum atomic E-state index is 5.06. The second-order valence-electron chi connectivity index (χ2n) is 2.43. The molecule has 1 aromatic carbocycles. The van der Waals surface area contributed by atoms with Gasteiger partial charge in [0.15, 0.2) is 0 Å². The monoisotopic (exact) mass is 177 g/mol. The topological polar surface area (TPSA) is 28.0 Å². The molecule has 1 heterocycles. The summed E-state index contributed by atoms with van der Waals surface area (Å²) < 4.78 is 0. The third kappa shape index (κ3) is 1.21. The molecule has 0 aliphatic carbocycles. The number of hydrogen-bond donors (Lipinski definition) is 0. The van der Waals surface area contributed by atoms with Gasteiger partial charge in [0.2, 0.25) is 0 Å². The lowest BCUT2D eigenvalue weighted by molar-refractivity contribution is 1.04. The van der Waals surface area contributed by atoms with E-state index in [4.69, 9.17) is 12.2 Å². The number of para-hydroxylation sites is 1. The van der Waals surface area contributed by atoms with Gasteiger partial charge < -0.3 is 0 Å². The van der Waals surface area contributed by atoms with Crippen LogP contribution in [0.4, 0.5) is 5.69 Å². The van der Waals surface area contributed by atoms with E-state index in [0.29, 0.717) is 6.54 Å². The largest absolute Gasteiger partial charge is 0.207 e. The summed E-state index contributed by atoms with van der Waals surface area (Å²) in [5, 5.41) is 9.41. The van der Waals surface area contributed by atoms with E-state index in [1.807, 2.05) is 30.3 Å². The van der Waals surface area contributed by atoms with E-state index in [2.05, 4.69) is 10.3 Å². The van der Waals surface area contributed by atoms with Crippen LogP contribution in [0.3, 0.4) is 0 Å². The maximum absolute atomic E-state index is 5.06. The lowest BCUT2D eigenvalue weighted by Gasteiger charge is -2.10. The summed E-state index contributed by atoms with van der Waals surface area (Å²) in [4.78, 5) is 0.751. The highest BCUT2D eigenvalue weighted by Crippen LogP contribution is 2.17. The molecule has 0 atom stereocenters. The van der Waals surface area contributed by atoms with Gasteiger partial charge in [-0.2, -0.15) is 5.11 Å². The number of benzene rings is 1. The minimum Gasteiger partial charge on any atom is -0.207 e. The Hall–Kier alpha value is -1.29. The molecule has 3 nitrogen and oxygen atoms in total. The fourth-order valence-electron chi connectivity index (χ4n) is 1.04. The van der Waals surface area contributed by atoms with Crippen LogP contribution in [0.15, 0.2) is 40.7 Å². The van der Waals surface area contributed by atoms with Gasteiger partial charge in [0, 0.05) is 0 Å². The van der Waals surface area contributed by atoms with Crippen molar-refractivity contribution in [2.45, 2.75) is 0 Å². The van der Waals surface area contributed by atoms with Gasteiger partial charge in [0.25, 0.3) is 0 Å². The Morgan fingerprint density at radius 3 is 2.58 bits per heavy atom. The molecule has 1 aliphatic rings. The van der Waals surface area contributed by atoms with Crippen molar-refractivity contribution in [1.29, 1.82) is 0 Å². The lowest BCUT2D eigenvalue weighted by atomic mass is 10.3. The van der Waals surface area contributed by atoms with Crippen LogP contribution >= 0.6 is 12.2 Å². The Bertz CT molecular complexity index is 320. The van der Waals surface area contributed by atoms with E-state index in [9.17, 15) is 0 Å². The van der Waals surface area contributed by atoms with Crippen molar-refractivity contribution in [3.05, 3.63) is 30.3 Å². The van der Waals surface area contributed by atoms with Gasteiger partial charge in [-0.15, -0.1) is 0 Å². The molecule has 0 aromatic heterocycles. The van der Waals surface area contributed by atoms with Crippen LogP contribution < -0.4 is 5.01 Å². The van der Waals surface area contributed by atoms with Crippen LogP contribution in [-0.4, -0.2) is 11.5 Å². The third-order valence-electron chi connectivity index (χ3n) is 1.60. The molecule has 1 aromatic rings. The van der Waals surface area contributed by atoms with Gasteiger partial charge in [0.05, 0.1) is 5.69 Å². The number of hydrogen-bond acceptors (Lipinski definition) is 3. The van der Waals surface area contributed by atoms with Crippen LogP contribution in [0.2, 0.25) is 0 Å². The van der Waals surface area contributed by atoms with Gasteiger partial charge in [-0.25, -0.2) is 5.01 Å². The molecule has 0 saturated carbocycles. The lowest BCUT2D eigenvalue weighted by Crippen LogP contribution is -2.19. The second-order valence-corrected chi connectivity index (χ2v) is 2.90. The zero-order valence-electron chi connectivity index (χ0n) is 6.34. The van der Waals surface area contributed by atoms with Gasteiger partial charge in [0.1, 0.15) is 11.5 Å². The van der Waals surface area contributed by atoms with Crippen molar-refractivity contribution in [2.24, 2.45) is 10.3 Å². The quantitative estimate of drug-likeness (QED) is 0.615. The summed E-state index contributed by atoms with van der Waals surface area (Å²) in [6.07, 6.45) is 0. The van der Waals surface area contributed by atoms with E-state index >= 15 is 0 Å². The molecule has 0 unspecified atom stereocenters. The van der Waals surface area contributed by atoms with Gasteiger partial charge in [-0.1, -0.05) is 35.6 Å². The maximum Gasteiger partial charge on any atom is 0.130 e. The predicted octanol–water partition coefficient (Wildman–Crippen LogP) is 2.20. The normalized spacial score (nSPS) is 15.7. The highest BCUT2D eigenvalue weighted by molar-refractivity contribution is 7.80. The molecule has 0 N–H and O–H groups in total. The highest BCUT2D eigenvalue weighted by Gasteiger charge is 2.15. The average molecular weight is 177 g/mol. The van der Waals surface area contributed by atoms with E-state index in [-0.39, 0.29) is 0 Å². The van der Waals surface area contributed by atoms with Crippen molar-refractivity contribution in [3.8, 4) is 0 Å². The van der Waals surface area contributed by atoms with E-state index in [1.165, 1.54) is 0 Å². The van der Waals surface area contributed by atoms with Crippen molar-refractivity contribution in [3.63, 3.8) is 0 Å². The first-order chi connectivity index (χ1) is 5.88. The Balaban J connectivity index is 2.31. The Morgan fingerprint density at radius 1 is 1.25 bits per heavy atom. The van der Waals surface area contributed by atoms with Crippen molar-refractivity contribution >= 4 is 22.9 Å². The molecule has 4 heteroatoms. The zero-order valence-corrected chi connectivity index (χ0v) is 7.16. The van der Waals surface area contributed by atoms with E-state index < -0.39 is 0 Å². The molecule has 2 rings (SSSR count). The van der Waals surface area contributed by atoms with Crippen molar-refractivity contribution < 1.29 is 0 Å². The molecule has 0 amide bonds. The number of rotatable bonds is 1. The Kier molecular flexibility index (Phi) is 1.83. The Labute approximate surface area is 75.7 Å². The summed E-state index contributed by atoms with van der Waals surface area (Å²) >= 11 is 5.06. The van der Waals surface area contributed by atoms with Crippen LogP contribution in [0.1, 0.15) is 0 Å². The number of anilines is 1. The van der Waals surface area contributed by atoms with E-state index in [0.717, 1.165) is 10.7 Å². The smallest absolute Gasteiger partial charge is 0.130 e. The first-order valence-electron chi connectivity index (χ1n) is 3.63.